The number of aromatic nitrogens is 3. The van der Waals surface area contributed by atoms with Crippen LogP contribution in [-0.2, 0) is 6.42 Å². The highest BCUT2D eigenvalue weighted by Gasteiger charge is 2.15. The minimum atomic E-state index is -0.461. The number of halogens is 1. The van der Waals surface area contributed by atoms with Gasteiger partial charge in [0.15, 0.2) is 11.6 Å². The summed E-state index contributed by atoms with van der Waals surface area (Å²) >= 11 is 0. The Balaban J connectivity index is 1.52. The standard InChI is InChI=1S/C24H21FN4O2/c1-31-23-10-9-16(14-20(23)25)21-15-22(29-28-21)18-7-2-3-8-19(18)24(30)27-13-11-17-6-4-5-12-26-17/h2-10,12,14-15H,11,13H2,1H3,(H,27,30)(H,28,29). The van der Waals surface area contributed by atoms with Crippen LogP contribution in [0.5, 0.6) is 5.75 Å². The van der Waals surface area contributed by atoms with Crippen molar-refractivity contribution < 1.29 is 13.9 Å². The number of methoxy groups -OCH3 is 1. The van der Waals surface area contributed by atoms with Gasteiger partial charge in [-0.05, 0) is 42.5 Å². The minimum Gasteiger partial charge on any atom is -0.494 e. The predicted octanol–water partition coefficient (Wildman–Crippen LogP) is 4.26. The molecule has 2 heterocycles. The summed E-state index contributed by atoms with van der Waals surface area (Å²) in [5.41, 5.74) is 4.01. The van der Waals surface area contributed by atoms with Crippen LogP contribution in [0.4, 0.5) is 4.39 Å². The van der Waals surface area contributed by atoms with Crippen molar-refractivity contribution in [2.24, 2.45) is 0 Å². The Hall–Kier alpha value is -4.00. The van der Waals surface area contributed by atoms with Crippen molar-refractivity contribution in [3.8, 4) is 28.3 Å². The average molecular weight is 416 g/mol. The lowest BCUT2D eigenvalue weighted by molar-refractivity contribution is 0.0954. The van der Waals surface area contributed by atoms with Crippen LogP contribution in [0.25, 0.3) is 22.5 Å². The maximum Gasteiger partial charge on any atom is 0.251 e. The molecular weight excluding hydrogens is 395 g/mol. The Labute approximate surface area is 179 Å². The number of aromatic amines is 1. The number of pyridine rings is 1. The summed E-state index contributed by atoms with van der Waals surface area (Å²) < 4.78 is 19.0. The molecule has 0 saturated heterocycles. The first kappa shape index (κ1) is 20.3. The summed E-state index contributed by atoms with van der Waals surface area (Å²) in [7, 11) is 1.42. The number of hydrogen-bond acceptors (Lipinski definition) is 4. The van der Waals surface area contributed by atoms with E-state index in [1.54, 1.807) is 30.5 Å². The second-order valence-corrected chi connectivity index (χ2v) is 6.89. The van der Waals surface area contributed by atoms with Crippen molar-refractivity contribution in [3.05, 3.63) is 90.0 Å². The molecular formula is C24H21FN4O2. The molecule has 0 saturated carbocycles. The van der Waals surface area contributed by atoms with Crippen LogP contribution in [-0.4, -0.2) is 34.7 Å². The van der Waals surface area contributed by atoms with E-state index in [-0.39, 0.29) is 11.7 Å². The second kappa shape index (κ2) is 9.21. The van der Waals surface area contributed by atoms with Crippen LogP contribution < -0.4 is 10.1 Å². The van der Waals surface area contributed by atoms with Gasteiger partial charge in [0.05, 0.1) is 18.5 Å². The molecule has 4 rings (SSSR count). The van der Waals surface area contributed by atoms with Gasteiger partial charge in [-0.1, -0.05) is 24.3 Å². The number of hydrogen-bond donors (Lipinski definition) is 2. The summed E-state index contributed by atoms with van der Waals surface area (Å²) in [6.07, 6.45) is 2.38. The molecule has 0 aliphatic heterocycles. The molecule has 2 aromatic heterocycles. The van der Waals surface area contributed by atoms with Gasteiger partial charge in [0, 0.05) is 41.5 Å². The van der Waals surface area contributed by atoms with E-state index in [1.807, 2.05) is 36.4 Å². The molecule has 0 bridgehead atoms. The Kier molecular flexibility index (Phi) is 6.03. The first-order valence-electron chi connectivity index (χ1n) is 9.82. The number of nitrogens with zero attached hydrogens (tertiary/aromatic N) is 2. The van der Waals surface area contributed by atoms with E-state index in [2.05, 4.69) is 20.5 Å². The van der Waals surface area contributed by atoms with Crippen molar-refractivity contribution in [1.29, 1.82) is 0 Å². The Morgan fingerprint density at radius 2 is 1.94 bits per heavy atom. The first-order valence-corrected chi connectivity index (χ1v) is 9.82. The molecule has 0 aliphatic rings. The number of rotatable bonds is 7. The van der Waals surface area contributed by atoms with E-state index in [1.165, 1.54) is 13.2 Å². The van der Waals surface area contributed by atoms with E-state index in [0.29, 0.717) is 41.0 Å². The minimum absolute atomic E-state index is 0.173. The van der Waals surface area contributed by atoms with E-state index < -0.39 is 5.82 Å². The number of carbonyl (C=O) groups is 1. The molecule has 2 aromatic carbocycles. The van der Waals surface area contributed by atoms with Crippen molar-refractivity contribution >= 4 is 5.91 Å². The lowest BCUT2D eigenvalue weighted by Gasteiger charge is -2.09. The zero-order valence-electron chi connectivity index (χ0n) is 16.9. The van der Waals surface area contributed by atoms with Crippen LogP contribution in [0, 0.1) is 5.82 Å². The molecule has 1 amide bonds. The van der Waals surface area contributed by atoms with Gasteiger partial charge in [0.1, 0.15) is 0 Å². The van der Waals surface area contributed by atoms with Gasteiger partial charge < -0.3 is 10.1 Å². The SMILES string of the molecule is COc1ccc(-c2cc(-c3ccccc3C(=O)NCCc3ccccn3)[nH]n2)cc1F. The summed E-state index contributed by atoms with van der Waals surface area (Å²) in [6, 6.07) is 19.4. The number of ether oxygens (including phenoxy) is 1. The maximum absolute atomic E-state index is 14.1. The fourth-order valence-corrected chi connectivity index (χ4v) is 3.29. The van der Waals surface area contributed by atoms with E-state index in [4.69, 9.17) is 4.74 Å². The van der Waals surface area contributed by atoms with E-state index in [0.717, 1.165) is 5.69 Å². The molecule has 4 aromatic rings. The second-order valence-electron chi connectivity index (χ2n) is 6.89. The van der Waals surface area contributed by atoms with E-state index in [9.17, 15) is 9.18 Å². The van der Waals surface area contributed by atoms with Crippen LogP contribution in [0.15, 0.2) is 72.9 Å². The topological polar surface area (TPSA) is 79.9 Å². The van der Waals surface area contributed by atoms with Gasteiger partial charge in [-0.2, -0.15) is 5.10 Å². The fraction of sp³-hybridized carbons (Fsp3) is 0.125. The Bertz CT molecular complexity index is 1190. The fourth-order valence-electron chi connectivity index (χ4n) is 3.29. The van der Waals surface area contributed by atoms with Crippen LogP contribution in [0.2, 0.25) is 0 Å². The molecule has 0 aliphatic carbocycles. The van der Waals surface area contributed by atoms with Crippen molar-refractivity contribution in [2.75, 3.05) is 13.7 Å². The zero-order chi connectivity index (χ0) is 21.6. The summed E-state index contributed by atoms with van der Waals surface area (Å²) in [5.74, 6) is -0.470. The highest BCUT2D eigenvalue weighted by Crippen LogP contribution is 2.28. The molecule has 0 radical (unpaired) electrons. The molecule has 7 heteroatoms. The number of benzene rings is 2. The van der Waals surface area contributed by atoms with Gasteiger partial charge in [-0.25, -0.2) is 4.39 Å². The molecule has 0 atom stereocenters. The first-order chi connectivity index (χ1) is 15.2. The third-order valence-electron chi connectivity index (χ3n) is 4.88. The van der Waals surface area contributed by atoms with Gasteiger partial charge in [-0.3, -0.25) is 14.9 Å². The Morgan fingerprint density at radius 3 is 2.71 bits per heavy atom. The maximum atomic E-state index is 14.1. The molecule has 156 valence electrons. The monoisotopic (exact) mass is 416 g/mol. The number of nitrogens with one attached hydrogen (secondary N) is 2. The molecule has 2 N–H and O–H groups in total. The van der Waals surface area contributed by atoms with Gasteiger partial charge >= 0.3 is 0 Å². The average Bonchev–Trinajstić information content (AvgIpc) is 3.30. The van der Waals surface area contributed by atoms with Crippen molar-refractivity contribution in [3.63, 3.8) is 0 Å². The largest absolute Gasteiger partial charge is 0.494 e. The quantitative estimate of drug-likeness (QED) is 0.472. The van der Waals surface area contributed by atoms with Gasteiger partial charge in [-0.15, -0.1) is 0 Å². The van der Waals surface area contributed by atoms with Crippen LogP contribution in [0.3, 0.4) is 0 Å². The third-order valence-corrected chi connectivity index (χ3v) is 4.88. The van der Waals surface area contributed by atoms with Crippen LogP contribution in [0.1, 0.15) is 16.1 Å². The molecule has 0 spiro atoms. The summed E-state index contributed by atoms with van der Waals surface area (Å²) in [4.78, 5) is 17.1. The highest BCUT2D eigenvalue weighted by molar-refractivity contribution is 6.00. The van der Waals surface area contributed by atoms with Crippen molar-refractivity contribution in [1.82, 2.24) is 20.5 Å². The smallest absolute Gasteiger partial charge is 0.251 e. The molecule has 31 heavy (non-hydrogen) atoms. The predicted molar refractivity (Wildman–Crippen MR) is 116 cm³/mol. The van der Waals surface area contributed by atoms with Crippen LogP contribution >= 0.6 is 0 Å². The highest BCUT2D eigenvalue weighted by atomic mass is 19.1. The van der Waals surface area contributed by atoms with Gasteiger partial charge in [0.2, 0.25) is 0 Å². The third kappa shape index (κ3) is 4.61. The number of carbonyl (C=O) groups excluding carboxylic acids is 1. The van der Waals surface area contributed by atoms with Gasteiger partial charge in [0.25, 0.3) is 5.91 Å². The normalized spacial score (nSPS) is 10.6. The van der Waals surface area contributed by atoms with E-state index >= 15 is 0 Å². The summed E-state index contributed by atoms with van der Waals surface area (Å²) in [5, 5.41) is 10.2. The number of H-pyrrole nitrogens is 1. The zero-order valence-corrected chi connectivity index (χ0v) is 16.9. The molecule has 0 unspecified atom stereocenters. The van der Waals surface area contributed by atoms with Crippen molar-refractivity contribution in [2.45, 2.75) is 6.42 Å². The lowest BCUT2D eigenvalue weighted by atomic mass is 10.0. The lowest BCUT2D eigenvalue weighted by Crippen LogP contribution is -2.26. The Morgan fingerprint density at radius 1 is 1.10 bits per heavy atom. The number of amides is 1. The summed E-state index contributed by atoms with van der Waals surface area (Å²) in [6.45, 7) is 0.476. The molecule has 0 fully saturated rings. The molecule has 6 nitrogen and oxygen atoms in total.